The SMILES string of the molecule is Br.COc1cc2c(c(F)c1OC)C(=N)N(CC(=O)c1cc(CN(C)C(C)=O)c(OCC(=O)O)c(C(C)(C)C)c1)C2. The maximum atomic E-state index is 15.2. The lowest BCUT2D eigenvalue weighted by Crippen LogP contribution is -2.31. The van der Waals surface area contributed by atoms with Crippen LogP contribution in [0.4, 0.5) is 4.39 Å². The van der Waals surface area contributed by atoms with Crippen LogP contribution < -0.4 is 14.2 Å². The third-order valence-electron chi connectivity index (χ3n) is 6.52. The van der Waals surface area contributed by atoms with Crippen molar-refractivity contribution in [3.63, 3.8) is 0 Å². The number of carbonyl (C=O) groups excluding carboxylic acids is 2. The molecule has 1 aliphatic heterocycles. The van der Waals surface area contributed by atoms with Crippen molar-refractivity contribution in [3.8, 4) is 17.2 Å². The van der Waals surface area contributed by atoms with E-state index in [1.807, 2.05) is 20.8 Å². The minimum Gasteiger partial charge on any atom is -0.493 e. The fraction of sp³-hybridized carbons (Fsp3) is 0.429. The zero-order valence-corrected chi connectivity index (χ0v) is 25.4. The number of aliphatic carboxylic acids is 1. The maximum absolute atomic E-state index is 15.2. The molecule has 218 valence electrons. The number of hydrogen-bond donors (Lipinski definition) is 2. The molecule has 2 aromatic carbocycles. The number of hydrogen-bond acceptors (Lipinski definition) is 7. The Morgan fingerprint density at radius 2 is 1.77 bits per heavy atom. The summed E-state index contributed by atoms with van der Waals surface area (Å²) in [7, 11) is 4.29. The number of carboxylic acids is 1. The molecule has 40 heavy (non-hydrogen) atoms. The van der Waals surface area contributed by atoms with Gasteiger partial charge in [0.1, 0.15) is 11.6 Å². The minimum atomic E-state index is -1.16. The molecule has 0 bridgehead atoms. The zero-order chi connectivity index (χ0) is 29.2. The Kier molecular flexibility index (Phi) is 10.3. The standard InChI is InChI=1S/C28H34FN3O7.BrH/c1-15(33)31(5)11-18-8-16(9-19(28(2,3)4)25(18)39-14-22(35)36)20(34)13-32-12-17-10-21(37-6)26(38-7)24(29)23(17)27(32)30;/h8-10,30H,11-14H2,1-7H3,(H,35,36);1H. The van der Waals surface area contributed by atoms with Gasteiger partial charge in [-0.3, -0.25) is 15.0 Å². The highest BCUT2D eigenvalue weighted by Gasteiger charge is 2.33. The quantitative estimate of drug-likeness (QED) is 0.377. The molecule has 1 heterocycles. The van der Waals surface area contributed by atoms with Gasteiger partial charge in [-0.2, -0.15) is 0 Å². The summed E-state index contributed by atoms with van der Waals surface area (Å²) in [5.41, 5.74) is 1.39. The average Bonchev–Trinajstić information content (AvgIpc) is 3.16. The predicted octanol–water partition coefficient (Wildman–Crippen LogP) is 4.18. The molecular formula is C28H35BrFN3O7. The van der Waals surface area contributed by atoms with Crippen molar-refractivity contribution in [3.05, 3.63) is 51.8 Å². The number of methoxy groups -OCH3 is 2. The molecule has 2 N–H and O–H groups in total. The van der Waals surface area contributed by atoms with Crippen LogP contribution >= 0.6 is 17.0 Å². The van der Waals surface area contributed by atoms with E-state index in [0.717, 1.165) is 0 Å². The molecular weight excluding hydrogens is 589 g/mol. The monoisotopic (exact) mass is 623 g/mol. The first-order valence-electron chi connectivity index (χ1n) is 12.2. The predicted molar refractivity (Wildman–Crippen MR) is 152 cm³/mol. The number of rotatable bonds is 10. The van der Waals surface area contributed by atoms with E-state index >= 15 is 4.39 Å². The van der Waals surface area contributed by atoms with Crippen LogP contribution in [0.3, 0.4) is 0 Å². The molecule has 0 unspecified atom stereocenters. The van der Waals surface area contributed by atoms with Crippen LogP contribution in [-0.4, -0.2) is 72.8 Å². The number of fused-ring (bicyclic) bond motifs is 1. The number of amidine groups is 1. The highest BCUT2D eigenvalue weighted by Crippen LogP contribution is 2.39. The van der Waals surface area contributed by atoms with Crippen molar-refractivity contribution in [2.45, 2.75) is 46.2 Å². The summed E-state index contributed by atoms with van der Waals surface area (Å²) in [6, 6.07) is 4.82. The summed E-state index contributed by atoms with van der Waals surface area (Å²) in [5.74, 6) is -2.20. The van der Waals surface area contributed by atoms with Gasteiger partial charge in [-0.1, -0.05) is 20.8 Å². The van der Waals surface area contributed by atoms with Gasteiger partial charge >= 0.3 is 5.97 Å². The summed E-state index contributed by atoms with van der Waals surface area (Å²) in [6.45, 7) is 6.52. The van der Waals surface area contributed by atoms with E-state index in [4.69, 9.17) is 19.6 Å². The van der Waals surface area contributed by atoms with Gasteiger partial charge in [0.05, 0.1) is 26.3 Å². The first-order chi connectivity index (χ1) is 18.2. The lowest BCUT2D eigenvalue weighted by molar-refractivity contribution is -0.139. The van der Waals surface area contributed by atoms with Gasteiger partial charge in [0.15, 0.2) is 29.7 Å². The first kappa shape index (κ1) is 32.5. The summed E-state index contributed by atoms with van der Waals surface area (Å²) >= 11 is 0. The molecule has 2 aromatic rings. The fourth-order valence-electron chi connectivity index (χ4n) is 4.42. The van der Waals surface area contributed by atoms with E-state index in [1.54, 1.807) is 25.2 Å². The Balaban J connectivity index is 0.00000560. The number of ether oxygens (including phenoxy) is 3. The molecule has 0 saturated carbocycles. The lowest BCUT2D eigenvalue weighted by Gasteiger charge is -2.27. The molecule has 0 fully saturated rings. The molecule has 0 atom stereocenters. The van der Waals surface area contributed by atoms with E-state index in [0.29, 0.717) is 28.0 Å². The lowest BCUT2D eigenvalue weighted by atomic mass is 9.83. The van der Waals surface area contributed by atoms with Crippen LogP contribution in [0.25, 0.3) is 0 Å². The van der Waals surface area contributed by atoms with E-state index in [9.17, 15) is 19.5 Å². The van der Waals surface area contributed by atoms with Crippen LogP contribution in [0.2, 0.25) is 0 Å². The first-order valence-corrected chi connectivity index (χ1v) is 12.2. The molecule has 1 amide bonds. The third-order valence-corrected chi connectivity index (χ3v) is 6.52. The molecule has 0 aliphatic carbocycles. The number of nitrogens with one attached hydrogen (secondary N) is 1. The normalized spacial score (nSPS) is 12.4. The van der Waals surface area contributed by atoms with Crippen molar-refractivity contribution >= 4 is 40.5 Å². The number of benzene rings is 2. The molecule has 0 spiro atoms. The second-order valence-electron chi connectivity index (χ2n) is 10.4. The van der Waals surface area contributed by atoms with Gasteiger partial charge < -0.3 is 29.1 Å². The Morgan fingerprint density at radius 1 is 1.12 bits per heavy atom. The highest BCUT2D eigenvalue weighted by atomic mass is 79.9. The number of ketones is 1. The molecule has 0 radical (unpaired) electrons. The third kappa shape index (κ3) is 6.72. The van der Waals surface area contributed by atoms with E-state index in [-0.39, 0.29) is 71.2 Å². The summed E-state index contributed by atoms with van der Waals surface area (Å²) in [6.07, 6.45) is 0. The van der Waals surface area contributed by atoms with Gasteiger partial charge in [0.2, 0.25) is 5.91 Å². The smallest absolute Gasteiger partial charge is 0.341 e. The molecule has 0 saturated heterocycles. The molecule has 3 rings (SSSR count). The minimum absolute atomic E-state index is 0. The maximum Gasteiger partial charge on any atom is 0.341 e. The van der Waals surface area contributed by atoms with Crippen molar-refractivity contribution < 1.29 is 38.1 Å². The van der Waals surface area contributed by atoms with Crippen molar-refractivity contribution in [2.75, 3.05) is 34.4 Å². The van der Waals surface area contributed by atoms with Gasteiger partial charge in [0, 0.05) is 43.8 Å². The fourth-order valence-corrected chi connectivity index (χ4v) is 4.42. The molecule has 12 heteroatoms. The Labute approximate surface area is 243 Å². The Morgan fingerprint density at radius 3 is 2.30 bits per heavy atom. The second-order valence-corrected chi connectivity index (χ2v) is 10.4. The van der Waals surface area contributed by atoms with Gasteiger partial charge in [-0.25, -0.2) is 9.18 Å². The topological polar surface area (TPSA) is 129 Å². The van der Waals surface area contributed by atoms with Gasteiger partial charge in [0.25, 0.3) is 0 Å². The highest BCUT2D eigenvalue weighted by molar-refractivity contribution is 8.93. The van der Waals surface area contributed by atoms with Crippen LogP contribution in [0.1, 0.15) is 60.3 Å². The summed E-state index contributed by atoms with van der Waals surface area (Å²) in [5, 5.41) is 17.8. The number of carbonyl (C=O) groups is 3. The van der Waals surface area contributed by atoms with Crippen LogP contribution in [-0.2, 0) is 28.1 Å². The summed E-state index contributed by atoms with van der Waals surface area (Å²) in [4.78, 5) is 39.7. The number of Topliss-reactive ketones (excluding diaryl/α,β-unsaturated/α-hetero) is 1. The Hall–Kier alpha value is -3.67. The number of halogens is 2. The average molecular weight is 625 g/mol. The second kappa shape index (κ2) is 12.7. The number of carboxylic acid groups (broad SMARTS) is 1. The largest absolute Gasteiger partial charge is 0.493 e. The Bertz CT molecular complexity index is 1340. The van der Waals surface area contributed by atoms with E-state index in [1.165, 1.54) is 30.9 Å². The van der Waals surface area contributed by atoms with Crippen molar-refractivity contribution in [1.29, 1.82) is 5.41 Å². The molecule has 10 nitrogen and oxygen atoms in total. The number of amides is 1. The summed E-state index contributed by atoms with van der Waals surface area (Å²) < 4.78 is 31.2. The van der Waals surface area contributed by atoms with Crippen LogP contribution in [0, 0.1) is 11.2 Å². The van der Waals surface area contributed by atoms with Gasteiger partial charge in [-0.15, -0.1) is 17.0 Å². The van der Waals surface area contributed by atoms with Crippen molar-refractivity contribution in [1.82, 2.24) is 9.80 Å². The molecule has 1 aliphatic rings. The number of nitrogens with zero attached hydrogens (tertiary/aromatic N) is 2. The van der Waals surface area contributed by atoms with E-state index in [2.05, 4.69) is 0 Å². The zero-order valence-electron chi connectivity index (χ0n) is 23.6. The van der Waals surface area contributed by atoms with Crippen LogP contribution in [0.15, 0.2) is 18.2 Å². The van der Waals surface area contributed by atoms with Gasteiger partial charge in [-0.05, 0) is 29.2 Å². The van der Waals surface area contributed by atoms with E-state index < -0.39 is 23.8 Å². The van der Waals surface area contributed by atoms with Crippen molar-refractivity contribution in [2.24, 2.45) is 0 Å². The van der Waals surface area contributed by atoms with Crippen LogP contribution in [0.5, 0.6) is 17.2 Å². The molecule has 0 aromatic heterocycles.